The molecule has 3 aliphatic rings. The van der Waals surface area contributed by atoms with Crippen molar-refractivity contribution in [3.8, 4) is 0 Å². The molecule has 1 aliphatic heterocycles. The van der Waals surface area contributed by atoms with Gasteiger partial charge in [-0.05, 0) is 84.5 Å². The molecule has 1 heterocycles. The number of hydrogen-bond acceptors (Lipinski definition) is 8. The summed E-state index contributed by atoms with van der Waals surface area (Å²) in [5, 5.41) is 5.70. The second kappa shape index (κ2) is 15.7. The van der Waals surface area contributed by atoms with Crippen LogP contribution in [0.2, 0.25) is 18.1 Å². The first kappa shape index (κ1) is 38.7. The van der Waals surface area contributed by atoms with Crippen molar-refractivity contribution in [3.05, 3.63) is 24.9 Å². The number of alkyl carbamates (subject to hydrolysis) is 1. The van der Waals surface area contributed by atoms with Crippen LogP contribution in [-0.4, -0.2) is 98.1 Å². The van der Waals surface area contributed by atoms with Gasteiger partial charge in [0.05, 0.1) is 18.6 Å². The van der Waals surface area contributed by atoms with Gasteiger partial charge in [-0.15, -0.1) is 6.58 Å². The summed E-state index contributed by atoms with van der Waals surface area (Å²) >= 11 is 0. The summed E-state index contributed by atoms with van der Waals surface area (Å²) < 4.78 is 17.5. The van der Waals surface area contributed by atoms with Crippen molar-refractivity contribution in [2.45, 2.75) is 135 Å². The molecule has 2 aliphatic carbocycles. The Morgan fingerprint density at radius 1 is 1.06 bits per heavy atom. The molecule has 3 rings (SSSR count). The average molecular weight is 677 g/mol. The number of likely N-dealkylation sites (tertiary alicyclic amines) is 1. The quantitative estimate of drug-likeness (QED) is 0.0998. The molecule has 47 heavy (non-hydrogen) atoms. The third-order valence-electron chi connectivity index (χ3n) is 9.55. The van der Waals surface area contributed by atoms with Crippen molar-refractivity contribution < 1.29 is 33.1 Å². The SMILES string of the molecule is C=CCCCN(C[C@H](NC(=O)OC(C)(C)C)C(=O)N1C[C@H](O[Si](C)(C)C(C)(C)C)C[C@H]1C(=O)NC(=C)[C@H]1C[C@H]1C(=O)OCC)C1CC1. The van der Waals surface area contributed by atoms with Gasteiger partial charge in [0.15, 0.2) is 8.32 Å². The number of amides is 3. The van der Waals surface area contributed by atoms with Crippen LogP contribution in [0, 0.1) is 11.8 Å². The van der Waals surface area contributed by atoms with Crippen LogP contribution in [-0.2, 0) is 28.3 Å². The lowest BCUT2D eigenvalue weighted by molar-refractivity contribution is -0.145. The Bertz CT molecular complexity index is 1170. The normalized spacial score (nSPS) is 23.6. The molecule has 0 unspecified atom stereocenters. The van der Waals surface area contributed by atoms with E-state index in [1.807, 2.05) is 6.08 Å². The molecule has 11 nitrogen and oxygen atoms in total. The average Bonchev–Trinajstić information content (AvgIpc) is 3.87. The van der Waals surface area contributed by atoms with Gasteiger partial charge >= 0.3 is 12.1 Å². The molecule has 1 saturated heterocycles. The molecule has 0 aromatic rings. The number of hydrogen-bond donors (Lipinski definition) is 2. The predicted octanol–water partition coefficient (Wildman–Crippen LogP) is 5.13. The minimum Gasteiger partial charge on any atom is -0.466 e. The highest BCUT2D eigenvalue weighted by atomic mass is 28.4. The van der Waals surface area contributed by atoms with Crippen LogP contribution in [0.15, 0.2) is 24.9 Å². The number of nitrogens with zero attached hydrogens (tertiary/aromatic N) is 2. The Labute approximate surface area is 283 Å². The molecule has 0 bridgehead atoms. The molecule has 5 atom stereocenters. The van der Waals surface area contributed by atoms with Gasteiger partial charge in [0.1, 0.15) is 17.7 Å². The minimum atomic E-state index is -2.24. The van der Waals surface area contributed by atoms with Crippen molar-refractivity contribution in [3.63, 3.8) is 0 Å². The second-order valence-electron chi connectivity index (χ2n) is 15.8. The van der Waals surface area contributed by atoms with Crippen LogP contribution < -0.4 is 10.6 Å². The van der Waals surface area contributed by atoms with Crippen molar-refractivity contribution in [2.75, 3.05) is 26.2 Å². The first-order valence-electron chi connectivity index (χ1n) is 17.3. The largest absolute Gasteiger partial charge is 0.466 e. The van der Waals surface area contributed by atoms with Crippen LogP contribution in [0.4, 0.5) is 4.79 Å². The number of esters is 1. The number of ether oxygens (including phenoxy) is 2. The van der Waals surface area contributed by atoms with Gasteiger partial charge in [0.25, 0.3) is 0 Å². The first-order valence-corrected chi connectivity index (χ1v) is 20.2. The van der Waals surface area contributed by atoms with Crippen LogP contribution in [0.3, 0.4) is 0 Å². The van der Waals surface area contributed by atoms with E-state index in [1.165, 1.54) is 0 Å². The highest BCUT2D eigenvalue weighted by molar-refractivity contribution is 6.74. The van der Waals surface area contributed by atoms with Crippen molar-refractivity contribution >= 4 is 32.2 Å². The molecule has 0 spiro atoms. The highest BCUT2D eigenvalue weighted by Gasteiger charge is 2.50. The molecule has 2 N–H and O–H groups in total. The fraction of sp³-hybridized carbons (Fsp3) is 0.771. The van der Waals surface area contributed by atoms with Gasteiger partial charge in [-0.25, -0.2) is 4.79 Å². The van der Waals surface area contributed by atoms with Crippen LogP contribution >= 0.6 is 0 Å². The van der Waals surface area contributed by atoms with Crippen molar-refractivity contribution in [1.29, 1.82) is 0 Å². The summed E-state index contributed by atoms with van der Waals surface area (Å²) in [4.78, 5) is 57.6. The van der Waals surface area contributed by atoms with Crippen LogP contribution in [0.1, 0.15) is 87.0 Å². The van der Waals surface area contributed by atoms with Crippen LogP contribution in [0.25, 0.3) is 0 Å². The Balaban J connectivity index is 1.87. The molecule has 0 radical (unpaired) electrons. The summed E-state index contributed by atoms with van der Waals surface area (Å²) in [6, 6.07) is -1.43. The molecule has 266 valence electrons. The summed E-state index contributed by atoms with van der Waals surface area (Å²) in [5.41, 5.74) is -0.305. The summed E-state index contributed by atoms with van der Waals surface area (Å²) in [5.74, 6) is -1.55. The Morgan fingerprint density at radius 3 is 2.28 bits per heavy atom. The highest BCUT2D eigenvalue weighted by Crippen LogP contribution is 2.44. The van der Waals surface area contributed by atoms with E-state index in [4.69, 9.17) is 13.9 Å². The molecule has 0 aromatic heterocycles. The van der Waals surface area contributed by atoms with Gasteiger partial charge in [-0.3, -0.25) is 19.3 Å². The van der Waals surface area contributed by atoms with Gasteiger partial charge in [-0.1, -0.05) is 33.4 Å². The monoisotopic (exact) mass is 676 g/mol. The Kier molecular flexibility index (Phi) is 12.9. The van der Waals surface area contributed by atoms with Crippen molar-refractivity contribution in [2.24, 2.45) is 11.8 Å². The number of carbonyl (C=O) groups is 4. The predicted molar refractivity (Wildman–Crippen MR) is 185 cm³/mol. The van der Waals surface area contributed by atoms with Gasteiger partial charge in [0.2, 0.25) is 11.8 Å². The third-order valence-corrected chi connectivity index (χ3v) is 14.1. The zero-order chi connectivity index (χ0) is 35.3. The zero-order valence-corrected chi connectivity index (χ0v) is 31.3. The minimum absolute atomic E-state index is 0.0679. The van der Waals surface area contributed by atoms with Gasteiger partial charge in [0, 0.05) is 37.2 Å². The molecular weight excluding hydrogens is 616 g/mol. The standard InChI is InChI=1S/C35H60N4O7Si/c1-12-14-15-18-38(24-16-17-24)22-28(37-33(43)45-34(4,5)6)31(41)39-21-25(46-47(10,11)35(7,8)9)19-29(39)30(40)36-23(3)26-20-27(26)32(42)44-13-2/h12,24-29H,1,3,13-22H2,2,4-11H3,(H,36,40)(H,37,43)/t25-,26-,27-,28+,29+/m1/s1. The summed E-state index contributed by atoms with van der Waals surface area (Å²) in [6.45, 7) is 27.3. The number of carbonyl (C=O) groups excluding carboxylic acids is 4. The van der Waals surface area contributed by atoms with Gasteiger partial charge in [-0.2, -0.15) is 0 Å². The number of allylic oxidation sites excluding steroid dienone is 2. The van der Waals surface area contributed by atoms with E-state index in [0.717, 1.165) is 32.2 Å². The maximum absolute atomic E-state index is 14.5. The molecule has 3 fully saturated rings. The fourth-order valence-corrected chi connectivity index (χ4v) is 7.12. The molecular formula is C35H60N4O7Si. The lowest BCUT2D eigenvalue weighted by Gasteiger charge is -2.38. The fourth-order valence-electron chi connectivity index (χ4n) is 5.76. The van der Waals surface area contributed by atoms with E-state index in [2.05, 4.69) is 62.6 Å². The Hall–Kier alpha value is -2.70. The number of rotatable bonds is 16. The van der Waals surface area contributed by atoms with E-state index >= 15 is 0 Å². The molecule has 12 heteroatoms. The van der Waals surface area contributed by atoms with E-state index < -0.39 is 32.1 Å². The summed E-state index contributed by atoms with van der Waals surface area (Å²) in [6.07, 6.45) is 5.54. The number of unbranched alkanes of at least 4 members (excludes halogenated alkanes) is 1. The Morgan fingerprint density at radius 2 is 1.72 bits per heavy atom. The van der Waals surface area contributed by atoms with E-state index in [9.17, 15) is 19.2 Å². The molecule has 3 amide bonds. The smallest absolute Gasteiger partial charge is 0.408 e. The molecule has 2 saturated carbocycles. The zero-order valence-electron chi connectivity index (χ0n) is 30.3. The summed E-state index contributed by atoms with van der Waals surface area (Å²) in [7, 11) is -2.24. The van der Waals surface area contributed by atoms with Crippen LogP contribution in [0.5, 0.6) is 0 Å². The number of nitrogens with one attached hydrogen (secondary N) is 2. The lowest BCUT2D eigenvalue weighted by Crippen LogP contribution is -2.57. The maximum Gasteiger partial charge on any atom is 0.408 e. The van der Waals surface area contributed by atoms with Gasteiger partial charge < -0.3 is 29.4 Å². The molecule has 0 aromatic carbocycles. The maximum atomic E-state index is 14.5. The third kappa shape index (κ3) is 11.2. The second-order valence-corrected chi connectivity index (χ2v) is 20.6. The first-order chi connectivity index (χ1) is 21.8. The van der Waals surface area contributed by atoms with E-state index in [0.29, 0.717) is 37.7 Å². The topological polar surface area (TPSA) is 127 Å². The van der Waals surface area contributed by atoms with Crippen molar-refractivity contribution in [1.82, 2.24) is 20.4 Å². The van der Waals surface area contributed by atoms with E-state index in [-0.39, 0.29) is 47.3 Å². The lowest BCUT2D eigenvalue weighted by atomic mass is 10.1. The van der Waals surface area contributed by atoms with E-state index in [1.54, 1.807) is 32.6 Å².